The fraction of sp³-hybridized carbons (Fsp3) is 0.133. The summed E-state index contributed by atoms with van der Waals surface area (Å²) in [5.74, 6) is -0.619. The Morgan fingerprint density at radius 2 is 1.82 bits per heavy atom. The first-order chi connectivity index (χ1) is 10.5. The third-order valence-corrected chi connectivity index (χ3v) is 3.98. The minimum atomic E-state index is -4.56. The van der Waals surface area contributed by atoms with Crippen molar-refractivity contribution < 1.29 is 13.2 Å². The van der Waals surface area contributed by atoms with Crippen LogP contribution in [0.5, 0.6) is 0 Å². The molecule has 0 aliphatic carbocycles. The monoisotopic (exact) mass is 321 g/mol. The number of nitrogens with zero attached hydrogens (tertiary/aromatic N) is 3. The quantitative estimate of drug-likeness (QED) is 0.531. The van der Waals surface area contributed by atoms with Crippen molar-refractivity contribution in [1.82, 2.24) is 15.0 Å². The third-order valence-electron chi connectivity index (χ3n) is 2.92. The number of aromatic nitrogens is 3. The third kappa shape index (κ3) is 3.19. The second-order valence-electron chi connectivity index (χ2n) is 4.52. The zero-order chi connectivity index (χ0) is 15.6. The van der Waals surface area contributed by atoms with E-state index in [1.54, 1.807) is 42.7 Å². The summed E-state index contributed by atoms with van der Waals surface area (Å²) in [7, 11) is 0. The molecule has 7 heteroatoms. The summed E-state index contributed by atoms with van der Waals surface area (Å²) in [6.07, 6.45) is -1.23. The summed E-state index contributed by atoms with van der Waals surface area (Å²) in [6, 6.07) is 10.3. The van der Waals surface area contributed by atoms with Gasteiger partial charge in [0.1, 0.15) is 5.03 Å². The number of benzene rings is 1. The molecule has 22 heavy (non-hydrogen) atoms. The van der Waals surface area contributed by atoms with Crippen LogP contribution in [-0.2, 0) is 11.9 Å². The zero-order valence-corrected chi connectivity index (χ0v) is 12.0. The first-order valence-electron chi connectivity index (χ1n) is 6.40. The van der Waals surface area contributed by atoms with Crippen LogP contribution in [0.15, 0.2) is 53.8 Å². The smallest absolute Gasteiger partial charge is 0.264 e. The van der Waals surface area contributed by atoms with Crippen LogP contribution in [0.4, 0.5) is 13.2 Å². The Morgan fingerprint density at radius 1 is 1.00 bits per heavy atom. The summed E-state index contributed by atoms with van der Waals surface area (Å²) in [4.78, 5) is 11.3. The minimum Gasteiger partial charge on any atom is -0.264 e. The first-order valence-corrected chi connectivity index (χ1v) is 7.38. The van der Waals surface area contributed by atoms with Gasteiger partial charge < -0.3 is 0 Å². The number of alkyl halides is 3. The molecule has 1 aromatic carbocycles. The fourth-order valence-corrected chi connectivity index (χ4v) is 2.87. The molecule has 3 aromatic rings. The average Bonchev–Trinajstić information content (AvgIpc) is 2.52. The molecule has 0 unspecified atom stereocenters. The van der Waals surface area contributed by atoms with Crippen LogP contribution >= 0.6 is 11.8 Å². The Morgan fingerprint density at radius 3 is 2.55 bits per heavy atom. The van der Waals surface area contributed by atoms with Gasteiger partial charge in [-0.05, 0) is 17.7 Å². The summed E-state index contributed by atoms with van der Waals surface area (Å²) in [6.45, 7) is 0. The summed E-state index contributed by atoms with van der Waals surface area (Å²) < 4.78 is 38.7. The van der Waals surface area contributed by atoms with E-state index in [-0.39, 0.29) is 0 Å². The van der Waals surface area contributed by atoms with E-state index in [0.717, 1.165) is 5.56 Å². The molecular weight excluding hydrogens is 311 g/mol. The van der Waals surface area contributed by atoms with Crippen LogP contribution in [0, 0.1) is 0 Å². The molecule has 0 aliphatic rings. The highest BCUT2D eigenvalue weighted by molar-refractivity contribution is 7.98. The Labute approximate surface area is 128 Å². The molecule has 0 atom stereocenters. The molecule has 0 bridgehead atoms. The SMILES string of the molecule is FC(F)(F)c1nc(SCc2cccnc2)c2ccccc2n1. The highest BCUT2D eigenvalue weighted by atomic mass is 32.2. The normalized spacial score (nSPS) is 11.8. The van der Waals surface area contributed by atoms with E-state index in [1.165, 1.54) is 11.8 Å². The molecule has 0 aliphatic heterocycles. The predicted octanol–water partition coefficient (Wildman–Crippen LogP) is 4.34. The molecule has 0 N–H and O–H groups in total. The molecule has 0 spiro atoms. The van der Waals surface area contributed by atoms with Crippen molar-refractivity contribution in [2.75, 3.05) is 0 Å². The molecule has 3 rings (SSSR count). The summed E-state index contributed by atoms with van der Waals surface area (Å²) in [5, 5.41) is 0.936. The van der Waals surface area contributed by atoms with Crippen molar-refractivity contribution in [2.24, 2.45) is 0 Å². The Balaban J connectivity index is 1.99. The standard InChI is InChI=1S/C15H10F3N3S/c16-15(17,18)14-20-12-6-2-1-5-11(12)13(21-14)22-9-10-4-3-7-19-8-10/h1-8H,9H2. The Hall–Kier alpha value is -2.15. The lowest BCUT2D eigenvalue weighted by atomic mass is 10.2. The van der Waals surface area contributed by atoms with Crippen molar-refractivity contribution in [1.29, 1.82) is 0 Å². The van der Waals surface area contributed by atoms with E-state index < -0.39 is 12.0 Å². The van der Waals surface area contributed by atoms with Gasteiger partial charge in [-0.3, -0.25) is 4.98 Å². The Bertz CT molecular complexity index is 791. The molecular formula is C15H10F3N3S. The van der Waals surface area contributed by atoms with Crippen molar-refractivity contribution in [2.45, 2.75) is 17.0 Å². The molecule has 112 valence electrons. The number of thioether (sulfide) groups is 1. The van der Waals surface area contributed by atoms with Gasteiger partial charge in [0, 0.05) is 23.5 Å². The molecule has 0 saturated heterocycles. The number of halogens is 3. The van der Waals surface area contributed by atoms with Gasteiger partial charge >= 0.3 is 6.18 Å². The number of hydrogen-bond donors (Lipinski definition) is 0. The van der Waals surface area contributed by atoms with Crippen molar-refractivity contribution >= 4 is 22.7 Å². The van der Waals surface area contributed by atoms with E-state index in [9.17, 15) is 13.2 Å². The minimum absolute atomic E-state index is 0.290. The van der Waals surface area contributed by atoms with Gasteiger partial charge in [-0.2, -0.15) is 13.2 Å². The van der Waals surface area contributed by atoms with Gasteiger partial charge in [0.2, 0.25) is 5.82 Å². The maximum absolute atomic E-state index is 12.9. The van der Waals surface area contributed by atoms with E-state index in [2.05, 4.69) is 15.0 Å². The van der Waals surface area contributed by atoms with Crippen LogP contribution in [0.2, 0.25) is 0 Å². The maximum Gasteiger partial charge on any atom is 0.451 e. The van der Waals surface area contributed by atoms with Crippen LogP contribution in [0.25, 0.3) is 10.9 Å². The highest BCUT2D eigenvalue weighted by Crippen LogP contribution is 2.33. The molecule has 3 nitrogen and oxygen atoms in total. The van der Waals surface area contributed by atoms with Crippen LogP contribution in [0.1, 0.15) is 11.4 Å². The zero-order valence-electron chi connectivity index (χ0n) is 11.2. The maximum atomic E-state index is 12.9. The first kappa shape index (κ1) is 14.8. The number of hydrogen-bond acceptors (Lipinski definition) is 4. The lowest BCUT2D eigenvalue weighted by Gasteiger charge is -2.10. The van der Waals surface area contributed by atoms with E-state index in [0.29, 0.717) is 21.7 Å². The van der Waals surface area contributed by atoms with Crippen LogP contribution in [-0.4, -0.2) is 15.0 Å². The lowest BCUT2D eigenvalue weighted by molar-refractivity contribution is -0.145. The summed E-state index contributed by atoms with van der Waals surface area (Å²) >= 11 is 1.24. The van der Waals surface area contributed by atoms with Gasteiger partial charge in [-0.25, -0.2) is 9.97 Å². The molecule has 0 radical (unpaired) electrons. The molecule has 2 aromatic heterocycles. The van der Waals surface area contributed by atoms with Crippen LogP contribution < -0.4 is 0 Å². The van der Waals surface area contributed by atoms with Gasteiger partial charge in [-0.15, -0.1) is 11.8 Å². The number of pyridine rings is 1. The number of fused-ring (bicyclic) bond motifs is 1. The van der Waals surface area contributed by atoms with Crippen LogP contribution in [0.3, 0.4) is 0 Å². The Kier molecular flexibility index (Phi) is 3.98. The van der Waals surface area contributed by atoms with Crippen molar-refractivity contribution in [3.05, 3.63) is 60.2 Å². The number of para-hydroxylation sites is 1. The van der Waals surface area contributed by atoms with Gasteiger partial charge in [0.15, 0.2) is 0 Å². The highest BCUT2D eigenvalue weighted by Gasteiger charge is 2.35. The van der Waals surface area contributed by atoms with Crippen molar-refractivity contribution in [3.63, 3.8) is 0 Å². The fourth-order valence-electron chi connectivity index (χ4n) is 1.92. The number of rotatable bonds is 3. The predicted molar refractivity (Wildman–Crippen MR) is 78.3 cm³/mol. The van der Waals surface area contributed by atoms with E-state index in [4.69, 9.17) is 0 Å². The second kappa shape index (κ2) is 5.92. The van der Waals surface area contributed by atoms with Crippen molar-refractivity contribution in [3.8, 4) is 0 Å². The molecule has 0 amide bonds. The molecule has 2 heterocycles. The largest absolute Gasteiger partial charge is 0.451 e. The van der Waals surface area contributed by atoms with Gasteiger partial charge in [0.05, 0.1) is 5.52 Å². The lowest BCUT2D eigenvalue weighted by Crippen LogP contribution is -2.11. The topological polar surface area (TPSA) is 38.7 Å². The second-order valence-corrected chi connectivity index (χ2v) is 5.48. The molecule has 0 saturated carbocycles. The molecule has 0 fully saturated rings. The van der Waals surface area contributed by atoms with Gasteiger partial charge in [0.25, 0.3) is 0 Å². The average molecular weight is 321 g/mol. The van der Waals surface area contributed by atoms with E-state index >= 15 is 0 Å². The van der Waals surface area contributed by atoms with E-state index in [1.807, 2.05) is 6.07 Å². The van der Waals surface area contributed by atoms with Gasteiger partial charge in [-0.1, -0.05) is 24.3 Å². The summed E-state index contributed by atoms with van der Waals surface area (Å²) in [5.41, 5.74) is 1.21.